The minimum absolute atomic E-state index is 0.399. The Morgan fingerprint density at radius 3 is 2.52 bits per heavy atom. The Hall–Kier alpha value is -2.48. The molecule has 0 bridgehead atoms. The lowest BCUT2D eigenvalue weighted by Gasteiger charge is -2.33. The Balaban J connectivity index is 1.68. The van der Waals surface area contributed by atoms with Crippen molar-refractivity contribution in [2.24, 2.45) is 4.99 Å². The first kappa shape index (κ1) is 18.5. The number of rotatable bonds is 2. The highest BCUT2D eigenvalue weighted by molar-refractivity contribution is 6.42. The molecule has 0 spiro atoms. The summed E-state index contributed by atoms with van der Waals surface area (Å²) in [6.07, 6.45) is 1.76. The Morgan fingerprint density at radius 2 is 1.76 bits per heavy atom. The van der Waals surface area contributed by atoms with E-state index in [0.717, 1.165) is 60.6 Å². The molecule has 29 heavy (non-hydrogen) atoms. The summed E-state index contributed by atoms with van der Waals surface area (Å²) in [5, 5.41) is 9.90. The van der Waals surface area contributed by atoms with Gasteiger partial charge in [-0.25, -0.2) is 0 Å². The topological polar surface area (TPSA) is 62.4 Å². The van der Waals surface area contributed by atoms with Crippen LogP contribution in [-0.4, -0.2) is 63.6 Å². The minimum atomic E-state index is 0.399. The molecule has 3 aromatic rings. The molecule has 5 rings (SSSR count). The number of fused-ring (bicyclic) bond motifs is 3. The van der Waals surface area contributed by atoms with Gasteiger partial charge in [-0.3, -0.25) is 14.5 Å². The van der Waals surface area contributed by atoms with Gasteiger partial charge in [0, 0.05) is 37.9 Å². The number of benzene rings is 1. The molecule has 0 amide bonds. The summed E-state index contributed by atoms with van der Waals surface area (Å²) >= 11 is 12.8. The van der Waals surface area contributed by atoms with E-state index in [1.165, 1.54) is 0 Å². The van der Waals surface area contributed by atoms with E-state index in [1.807, 2.05) is 30.3 Å². The minimum Gasteiger partial charge on any atom is -0.338 e. The van der Waals surface area contributed by atoms with Gasteiger partial charge in [-0.05, 0) is 31.3 Å². The Kier molecular flexibility index (Phi) is 4.73. The highest BCUT2D eigenvalue weighted by Gasteiger charge is 2.28. The number of likely N-dealkylation sites (N-methyl/N-ethyl adjacent to an activating group) is 1. The number of halogens is 2. The first-order chi connectivity index (χ1) is 14.1. The molecule has 0 saturated carbocycles. The van der Waals surface area contributed by atoms with Crippen LogP contribution < -0.4 is 4.90 Å². The van der Waals surface area contributed by atoms with Crippen molar-refractivity contribution in [2.75, 3.05) is 38.1 Å². The standard InChI is InChI=1S/C20H19Cl2N7/c1-27-6-8-28(9-7-27)20-26-25-18-12-24-19(16-4-2-3-5-23-16)13-10-14(21)15(22)11-17(13)29(18)20/h2-5,10-11H,6-9,12H2,1H3. The van der Waals surface area contributed by atoms with E-state index in [2.05, 4.69) is 36.6 Å². The van der Waals surface area contributed by atoms with Crippen molar-refractivity contribution in [3.63, 3.8) is 0 Å². The summed E-state index contributed by atoms with van der Waals surface area (Å²) < 4.78 is 2.06. The van der Waals surface area contributed by atoms with Gasteiger partial charge >= 0.3 is 0 Å². The number of aromatic nitrogens is 4. The third kappa shape index (κ3) is 3.29. The lowest BCUT2D eigenvalue weighted by Crippen LogP contribution is -2.45. The van der Waals surface area contributed by atoms with Gasteiger partial charge in [0.1, 0.15) is 6.54 Å². The third-order valence-electron chi connectivity index (χ3n) is 5.32. The molecule has 0 N–H and O–H groups in total. The second-order valence-electron chi connectivity index (χ2n) is 7.21. The number of hydrogen-bond acceptors (Lipinski definition) is 6. The molecular weight excluding hydrogens is 409 g/mol. The number of pyridine rings is 1. The van der Waals surface area contributed by atoms with E-state index >= 15 is 0 Å². The Bertz CT molecular complexity index is 1090. The quantitative estimate of drug-likeness (QED) is 0.628. The molecule has 148 valence electrons. The van der Waals surface area contributed by atoms with Crippen LogP contribution >= 0.6 is 23.2 Å². The largest absolute Gasteiger partial charge is 0.338 e. The van der Waals surface area contributed by atoms with Crippen molar-refractivity contribution in [3.05, 3.63) is 63.7 Å². The maximum absolute atomic E-state index is 6.42. The number of aliphatic imine (C=N–C) groups is 1. The van der Waals surface area contributed by atoms with E-state index in [9.17, 15) is 0 Å². The molecule has 7 nitrogen and oxygen atoms in total. The van der Waals surface area contributed by atoms with Gasteiger partial charge in [-0.2, -0.15) is 0 Å². The van der Waals surface area contributed by atoms with Crippen LogP contribution in [0.1, 0.15) is 17.1 Å². The van der Waals surface area contributed by atoms with Crippen molar-refractivity contribution in [1.82, 2.24) is 24.6 Å². The molecule has 1 fully saturated rings. The first-order valence-electron chi connectivity index (χ1n) is 9.45. The van der Waals surface area contributed by atoms with Crippen molar-refractivity contribution in [1.29, 1.82) is 0 Å². The summed E-state index contributed by atoms with van der Waals surface area (Å²) in [5.74, 6) is 1.58. The lowest BCUT2D eigenvalue weighted by atomic mass is 10.0. The highest BCUT2D eigenvalue weighted by atomic mass is 35.5. The first-order valence-corrected chi connectivity index (χ1v) is 10.2. The van der Waals surface area contributed by atoms with Crippen molar-refractivity contribution >= 4 is 34.9 Å². The van der Waals surface area contributed by atoms with Gasteiger partial charge in [0.2, 0.25) is 5.95 Å². The van der Waals surface area contributed by atoms with Gasteiger partial charge in [0.05, 0.1) is 27.1 Å². The molecule has 0 unspecified atom stereocenters. The predicted octanol–water partition coefficient (Wildman–Crippen LogP) is 3.07. The Morgan fingerprint density at radius 1 is 0.966 bits per heavy atom. The van der Waals surface area contributed by atoms with E-state index in [-0.39, 0.29) is 0 Å². The van der Waals surface area contributed by atoms with Crippen molar-refractivity contribution < 1.29 is 0 Å². The second-order valence-corrected chi connectivity index (χ2v) is 8.02. The van der Waals surface area contributed by atoms with Crippen LogP contribution in [0.25, 0.3) is 5.69 Å². The molecule has 2 aliphatic heterocycles. The number of nitrogens with zero attached hydrogens (tertiary/aromatic N) is 7. The summed E-state index contributed by atoms with van der Waals surface area (Å²) in [5.41, 5.74) is 3.29. The predicted molar refractivity (Wildman–Crippen MR) is 115 cm³/mol. The summed E-state index contributed by atoms with van der Waals surface area (Å²) in [6.45, 7) is 4.13. The van der Waals surface area contributed by atoms with Gasteiger partial charge in [-0.15, -0.1) is 10.2 Å². The van der Waals surface area contributed by atoms with Crippen LogP contribution in [0.4, 0.5) is 5.95 Å². The van der Waals surface area contributed by atoms with E-state index in [4.69, 9.17) is 28.2 Å². The molecule has 9 heteroatoms. The van der Waals surface area contributed by atoms with Gasteiger partial charge in [0.15, 0.2) is 5.82 Å². The summed E-state index contributed by atoms with van der Waals surface area (Å²) in [6, 6.07) is 9.50. The molecule has 0 atom stereocenters. The zero-order valence-electron chi connectivity index (χ0n) is 15.9. The van der Waals surface area contributed by atoms with E-state index in [1.54, 1.807) is 6.20 Å². The Labute approximate surface area is 178 Å². The van der Waals surface area contributed by atoms with Crippen LogP contribution in [0, 0.1) is 0 Å². The van der Waals surface area contributed by atoms with Gasteiger partial charge < -0.3 is 9.80 Å². The maximum atomic E-state index is 6.42. The second kappa shape index (κ2) is 7.40. The normalized spacial score (nSPS) is 16.8. The van der Waals surface area contributed by atoms with E-state index in [0.29, 0.717) is 16.6 Å². The smallest absolute Gasteiger partial charge is 0.232 e. The average Bonchev–Trinajstić information content (AvgIpc) is 3.09. The van der Waals surface area contributed by atoms with Crippen LogP contribution in [0.5, 0.6) is 0 Å². The molecule has 2 aromatic heterocycles. The fraction of sp³-hybridized carbons (Fsp3) is 0.300. The van der Waals surface area contributed by atoms with Crippen LogP contribution in [-0.2, 0) is 6.54 Å². The fourth-order valence-electron chi connectivity index (χ4n) is 3.74. The highest BCUT2D eigenvalue weighted by Crippen LogP contribution is 2.34. The van der Waals surface area contributed by atoms with Crippen molar-refractivity contribution in [2.45, 2.75) is 6.54 Å². The average molecular weight is 428 g/mol. The monoisotopic (exact) mass is 427 g/mol. The zero-order chi connectivity index (χ0) is 20.0. The van der Waals surface area contributed by atoms with E-state index < -0.39 is 0 Å². The zero-order valence-corrected chi connectivity index (χ0v) is 17.4. The number of piperazine rings is 1. The van der Waals surface area contributed by atoms with Gasteiger partial charge in [0.25, 0.3) is 0 Å². The molecule has 0 radical (unpaired) electrons. The summed E-state index contributed by atoms with van der Waals surface area (Å²) in [7, 11) is 2.13. The fourth-order valence-corrected chi connectivity index (χ4v) is 4.06. The third-order valence-corrected chi connectivity index (χ3v) is 6.04. The summed E-state index contributed by atoms with van der Waals surface area (Å²) in [4.78, 5) is 13.9. The maximum Gasteiger partial charge on any atom is 0.232 e. The molecule has 0 aliphatic carbocycles. The van der Waals surface area contributed by atoms with Crippen LogP contribution in [0.15, 0.2) is 41.5 Å². The van der Waals surface area contributed by atoms with Gasteiger partial charge in [-0.1, -0.05) is 29.3 Å². The molecule has 4 heterocycles. The molecule has 1 aromatic carbocycles. The number of anilines is 1. The number of hydrogen-bond donors (Lipinski definition) is 0. The lowest BCUT2D eigenvalue weighted by molar-refractivity contribution is 0.310. The molecule has 2 aliphatic rings. The molecular formula is C20H19Cl2N7. The SMILES string of the molecule is CN1CCN(c2nnc3n2-c2cc(Cl)c(Cl)cc2C(c2ccccn2)=NC3)CC1. The van der Waals surface area contributed by atoms with Crippen LogP contribution in [0.3, 0.4) is 0 Å². The van der Waals surface area contributed by atoms with Crippen LogP contribution in [0.2, 0.25) is 10.0 Å². The molecule has 1 saturated heterocycles. The van der Waals surface area contributed by atoms with Crippen molar-refractivity contribution in [3.8, 4) is 5.69 Å².